The smallest absolute Gasteiger partial charge is 0.114 e. The molecule has 0 aliphatic carbocycles. The molecule has 42 valence electrons. The van der Waals surface area contributed by atoms with Gasteiger partial charge in [0.05, 0.1) is 0 Å². The highest BCUT2D eigenvalue weighted by molar-refractivity contribution is 4.90. The first-order chi connectivity index (χ1) is 3.35. The Kier molecular flexibility index (Phi) is 2.92. The van der Waals surface area contributed by atoms with Gasteiger partial charge in [-0.25, -0.2) is 0 Å². The van der Waals surface area contributed by atoms with E-state index in [0.717, 1.165) is 5.82 Å². The standard InChI is InChI=1S/C4H11N3/c1-6-4(3-5)7-2/h3,6-7H,5H2,1-2H3. The molecule has 0 atom stereocenters. The van der Waals surface area contributed by atoms with E-state index in [1.807, 2.05) is 0 Å². The molecule has 0 spiro atoms. The van der Waals surface area contributed by atoms with E-state index in [9.17, 15) is 0 Å². The molecule has 4 N–H and O–H groups in total. The fourth-order valence-electron chi connectivity index (χ4n) is 0.292. The van der Waals surface area contributed by atoms with Crippen molar-refractivity contribution in [1.29, 1.82) is 0 Å². The van der Waals surface area contributed by atoms with Crippen molar-refractivity contribution in [3.63, 3.8) is 0 Å². The summed E-state index contributed by atoms with van der Waals surface area (Å²) in [5.74, 6) is 0.833. The summed E-state index contributed by atoms with van der Waals surface area (Å²) >= 11 is 0. The van der Waals surface area contributed by atoms with Gasteiger partial charge in [-0.05, 0) is 0 Å². The molecule has 3 nitrogen and oxygen atoms in total. The van der Waals surface area contributed by atoms with Crippen molar-refractivity contribution in [2.24, 2.45) is 5.73 Å². The molecule has 0 aromatic carbocycles. The second-order valence-corrected chi connectivity index (χ2v) is 1.08. The Bertz CT molecular complexity index is 61.3. The number of hydrogen-bond donors (Lipinski definition) is 3. The van der Waals surface area contributed by atoms with Gasteiger partial charge in [0.1, 0.15) is 5.82 Å². The second-order valence-electron chi connectivity index (χ2n) is 1.08. The van der Waals surface area contributed by atoms with Crippen molar-refractivity contribution in [1.82, 2.24) is 10.6 Å². The summed E-state index contributed by atoms with van der Waals surface area (Å²) in [4.78, 5) is 0. The zero-order chi connectivity index (χ0) is 5.70. The first-order valence-corrected chi connectivity index (χ1v) is 2.12. The predicted molar refractivity (Wildman–Crippen MR) is 30.4 cm³/mol. The lowest BCUT2D eigenvalue weighted by atomic mass is 10.7. The molecule has 0 aromatic heterocycles. The van der Waals surface area contributed by atoms with Crippen molar-refractivity contribution in [2.75, 3.05) is 14.1 Å². The molecule has 0 rings (SSSR count). The van der Waals surface area contributed by atoms with E-state index >= 15 is 0 Å². The average Bonchev–Trinajstić information content (AvgIpc) is 1.72. The van der Waals surface area contributed by atoms with Gasteiger partial charge in [-0.3, -0.25) is 0 Å². The zero-order valence-electron chi connectivity index (χ0n) is 4.65. The molecule has 0 saturated carbocycles. The van der Waals surface area contributed by atoms with Crippen molar-refractivity contribution in [2.45, 2.75) is 0 Å². The molecule has 0 fully saturated rings. The first-order valence-electron chi connectivity index (χ1n) is 2.12. The molecule has 0 amide bonds. The SMILES string of the molecule is CNC(=CN)NC. The van der Waals surface area contributed by atoms with E-state index in [1.165, 1.54) is 6.20 Å². The molecule has 3 heteroatoms. The largest absolute Gasteiger partial charge is 0.402 e. The van der Waals surface area contributed by atoms with Crippen molar-refractivity contribution >= 4 is 0 Å². The van der Waals surface area contributed by atoms with Crippen LogP contribution in [0.5, 0.6) is 0 Å². The third kappa shape index (κ3) is 1.92. The summed E-state index contributed by atoms with van der Waals surface area (Å²) in [5, 5.41) is 5.65. The zero-order valence-corrected chi connectivity index (χ0v) is 4.65. The highest BCUT2D eigenvalue weighted by Gasteiger charge is 1.77. The normalized spacial score (nSPS) is 7.14. The second kappa shape index (κ2) is 3.33. The van der Waals surface area contributed by atoms with E-state index in [4.69, 9.17) is 5.73 Å². The summed E-state index contributed by atoms with van der Waals surface area (Å²) in [6.45, 7) is 0. The highest BCUT2D eigenvalue weighted by atomic mass is 15.1. The predicted octanol–water partition coefficient (Wildman–Crippen LogP) is -0.817. The minimum atomic E-state index is 0.833. The Balaban J connectivity index is 3.38. The summed E-state index contributed by atoms with van der Waals surface area (Å²) in [5.41, 5.74) is 5.11. The van der Waals surface area contributed by atoms with Crippen LogP contribution in [-0.2, 0) is 0 Å². The Morgan fingerprint density at radius 1 is 1.43 bits per heavy atom. The fourth-order valence-corrected chi connectivity index (χ4v) is 0.292. The van der Waals surface area contributed by atoms with Crippen molar-refractivity contribution in [3.8, 4) is 0 Å². The van der Waals surface area contributed by atoms with Gasteiger partial charge in [0.15, 0.2) is 0 Å². The lowest BCUT2D eigenvalue weighted by Gasteiger charge is -2.00. The van der Waals surface area contributed by atoms with Crippen LogP contribution in [0.2, 0.25) is 0 Å². The Hall–Kier alpha value is -0.860. The molecule has 0 aromatic rings. The molecular formula is C4H11N3. The van der Waals surface area contributed by atoms with Gasteiger partial charge in [0.2, 0.25) is 0 Å². The lowest BCUT2D eigenvalue weighted by Crippen LogP contribution is -2.20. The molecule has 0 heterocycles. The quantitative estimate of drug-likeness (QED) is 0.426. The van der Waals surface area contributed by atoms with Gasteiger partial charge >= 0.3 is 0 Å². The van der Waals surface area contributed by atoms with Crippen molar-refractivity contribution < 1.29 is 0 Å². The molecule has 0 bridgehead atoms. The van der Waals surface area contributed by atoms with E-state index in [0.29, 0.717) is 0 Å². The summed E-state index contributed by atoms with van der Waals surface area (Å²) in [7, 11) is 3.60. The maximum absolute atomic E-state index is 5.11. The first kappa shape index (κ1) is 6.14. The van der Waals surface area contributed by atoms with Gasteiger partial charge in [0.25, 0.3) is 0 Å². The van der Waals surface area contributed by atoms with Crippen LogP contribution in [0.25, 0.3) is 0 Å². The monoisotopic (exact) mass is 101 g/mol. The molecule has 7 heavy (non-hydrogen) atoms. The molecule has 0 radical (unpaired) electrons. The Labute approximate surface area is 43.6 Å². The minimum Gasteiger partial charge on any atom is -0.402 e. The third-order valence-corrected chi connectivity index (χ3v) is 0.705. The molecule has 0 aliphatic heterocycles. The average molecular weight is 101 g/mol. The summed E-state index contributed by atoms with van der Waals surface area (Å²) < 4.78 is 0. The minimum absolute atomic E-state index is 0.833. The van der Waals surface area contributed by atoms with Crippen LogP contribution in [-0.4, -0.2) is 14.1 Å². The van der Waals surface area contributed by atoms with Crippen molar-refractivity contribution in [3.05, 3.63) is 12.0 Å². The third-order valence-electron chi connectivity index (χ3n) is 0.705. The molecule has 0 unspecified atom stereocenters. The van der Waals surface area contributed by atoms with Gasteiger partial charge in [-0.15, -0.1) is 0 Å². The maximum Gasteiger partial charge on any atom is 0.114 e. The lowest BCUT2D eigenvalue weighted by molar-refractivity contribution is 0.831. The van der Waals surface area contributed by atoms with Crippen LogP contribution in [0.1, 0.15) is 0 Å². The topological polar surface area (TPSA) is 50.1 Å². The summed E-state index contributed by atoms with van der Waals surface area (Å²) in [6, 6.07) is 0. The number of hydrogen-bond acceptors (Lipinski definition) is 3. The van der Waals surface area contributed by atoms with E-state index < -0.39 is 0 Å². The van der Waals surface area contributed by atoms with Crippen LogP contribution in [0, 0.1) is 0 Å². The van der Waals surface area contributed by atoms with Crippen LogP contribution in [0.3, 0.4) is 0 Å². The van der Waals surface area contributed by atoms with Gasteiger partial charge in [0, 0.05) is 20.3 Å². The molecule has 0 aliphatic rings. The fraction of sp³-hybridized carbons (Fsp3) is 0.500. The Morgan fingerprint density at radius 2 is 1.86 bits per heavy atom. The molecule has 0 saturated heterocycles. The van der Waals surface area contributed by atoms with E-state index in [-0.39, 0.29) is 0 Å². The van der Waals surface area contributed by atoms with Gasteiger partial charge in [-0.1, -0.05) is 0 Å². The van der Waals surface area contributed by atoms with E-state index in [1.54, 1.807) is 14.1 Å². The number of rotatable bonds is 2. The maximum atomic E-state index is 5.11. The van der Waals surface area contributed by atoms with Crippen LogP contribution < -0.4 is 16.4 Å². The van der Waals surface area contributed by atoms with Crippen LogP contribution in [0.4, 0.5) is 0 Å². The number of nitrogens with one attached hydrogen (secondary N) is 2. The van der Waals surface area contributed by atoms with Gasteiger partial charge < -0.3 is 16.4 Å². The van der Waals surface area contributed by atoms with Crippen LogP contribution in [0.15, 0.2) is 12.0 Å². The van der Waals surface area contributed by atoms with Gasteiger partial charge in [-0.2, -0.15) is 0 Å². The van der Waals surface area contributed by atoms with E-state index in [2.05, 4.69) is 10.6 Å². The summed E-state index contributed by atoms with van der Waals surface area (Å²) in [6.07, 6.45) is 1.47. The number of nitrogens with two attached hydrogens (primary N) is 1. The Morgan fingerprint density at radius 3 is 1.86 bits per heavy atom. The van der Waals surface area contributed by atoms with Crippen LogP contribution >= 0.6 is 0 Å². The molecular weight excluding hydrogens is 90.1 g/mol. The highest BCUT2D eigenvalue weighted by Crippen LogP contribution is 1.68.